The molecule has 0 atom stereocenters. The summed E-state index contributed by atoms with van der Waals surface area (Å²) in [5.41, 5.74) is 1.31. The van der Waals surface area contributed by atoms with E-state index in [-0.39, 0.29) is 10.5 Å². The molecule has 0 unspecified atom stereocenters. The summed E-state index contributed by atoms with van der Waals surface area (Å²) in [6.07, 6.45) is 1.36. The first-order valence-electron chi connectivity index (χ1n) is 16.2. The summed E-state index contributed by atoms with van der Waals surface area (Å²) in [6, 6.07) is 0. The van der Waals surface area contributed by atoms with Crippen molar-refractivity contribution < 1.29 is 17.2 Å². The summed E-state index contributed by atoms with van der Waals surface area (Å²) in [5.74, 6) is 0.523. The van der Waals surface area contributed by atoms with Crippen LogP contribution in [0, 0.1) is 47.3 Å². The molecule has 0 aromatic rings. The van der Waals surface area contributed by atoms with Crippen LogP contribution in [0.1, 0.15) is 145 Å². The predicted molar refractivity (Wildman–Crippen MR) is 193 cm³/mol. The van der Waals surface area contributed by atoms with Crippen molar-refractivity contribution in [2.24, 2.45) is 52.3 Å². The fourth-order valence-corrected chi connectivity index (χ4v) is 5.09. The van der Waals surface area contributed by atoms with E-state index in [0.29, 0.717) is 23.7 Å². The lowest BCUT2D eigenvalue weighted by Gasteiger charge is -2.23. The molecule has 7 heteroatoms. The first-order valence-corrected chi connectivity index (χ1v) is 18.2. The lowest BCUT2D eigenvalue weighted by Crippen LogP contribution is -2.29. The van der Waals surface area contributed by atoms with Crippen LogP contribution in [0.4, 0.5) is 8.78 Å². The molecule has 0 aliphatic carbocycles. The van der Waals surface area contributed by atoms with Crippen molar-refractivity contribution in [3.8, 4) is 0 Å². The highest BCUT2D eigenvalue weighted by Gasteiger charge is 2.36. The second kappa shape index (κ2) is 25.9. The zero-order valence-electron chi connectivity index (χ0n) is 31.8. The molecule has 0 saturated carbocycles. The summed E-state index contributed by atoms with van der Waals surface area (Å²) in [6.45, 7) is 39.3. The first kappa shape index (κ1) is 51.2. The van der Waals surface area contributed by atoms with Crippen LogP contribution in [-0.4, -0.2) is 42.5 Å². The standard InChI is InChI=1S/C8H17N.C7H14F2.C7H14S.C7H16.C6H14O2S/c1-6(2)8(9-5)7(3)4;1-5(2)7(8,9)6(3)4;1-5(2)7(8)6(3)4;1-6(2)5-7(3)4;1-5(2)9(7,8)6(3)4/h6-7H,1-5H3;5-6H,1-4H3;5-6H,1-4H3;6-7H,5H2,1-4H3;5-6H,1-4H3. The van der Waals surface area contributed by atoms with Crippen LogP contribution in [-0.2, 0) is 9.84 Å². The molecule has 0 rings (SSSR count). The molecule has 0 N–H and O–H groups in total. The van der Waals surface area contributed by atoms with Gasteiger partial charge in [-0.25, -0.2) is 17.2 Å². The van der Waals surface area contributed by atoms with Crippen molar-refractivity contribution in [3.05, 3.63) is 0 Å². The van der Waals surface area contributed by atoms with Crippen molar-refractivity contribution in [1.82, 2.24) is 0 Å². The van der Waals surface area contributed by atoms with Crippen LogP contribution in [0.3, 0.4) is 0 Å². The third-order valence-corrected chi connectivity index (χ3v) is 9.95. The van der Waals surface area contributed by atoms with Gasteiger partial charge in [0.25, 0.3) is 5.92 Å². The smallest absolute Gasteiger partial charge is 0.252 e. The van der Waals surface area contributed by atoms with Gasteiger partial charge in [0.1, 0.15) is 0 Å². The average Bonchev–Trinajstić information content (AvgIpc) is 2.78. The summed E-state index contributed by atoms with van der Waals surface area (Å²) in [7, 11) is -0.944. The van der Waals surface area contributed by atoms with E-state index in [4.69, 9.17) is 12.2 Å². The number of nitrogens with zero attached hydrogens (tertiary/aromatic N) is 1. The summed E-state index contributed by atoms with van der Waals surface area (Å²) in [4.78, 5) is 5.39. The van der Waals surface area contributed by atoms with E-state index in [1.807, 2.05) is 7.05 Å². The minimum absolute atomic E-state index is 0.238. The number of hydrogen-bond acceptors (Lipinski definition) is 4. The number of alkyl halides is 2. The summed E-state index contributed by atoms with van der Waals surface area (Å²) in [5, 5.41) is -0.477. The molecule has 3 nitrogen and oxygen atoms in total. The highest BCUT2D eigenvalue weighted by atomic mass is 32.2. The Morgan fingerprint density at radius 3 is 0.857 bits per heavy atom. The summed E-state index contributed by atoms with van der Waals surface area (Å²) >= 11 is 5.10. The van der Waals surface area contributed by atoms with Gasteiger partial charge >= 0.3 is 0 Å². The fourth-order valence-electron chi connectivity index (χ4n) is 4.00. The van der Waals surface area contributed by atoms with Crippen molar-refractivity contribution in [1.29, 1.82) is 0 Å². The number of aliphatic imine (C=N–C) groups is 1. The van der Waals surface area contributed by atoms with Crippen LogP contribution in [0.15, 0.2) is 4.99 Å². The monoisotopic (exact) mass is 644 g/mol. The molecule has 258 valence electrons. The SMILES string of the molecule is CC(C)C(=S)C(C)C.CC(C)C(F)(F)C(C)C.CC(C)CC(C)C.CC(C)S(=O)(=O)C(C)C.CN=C(C(C)C)C(C)C. The van der Waals surface area contributed by atoms with E-state index in [9.17, 15) is 17.2 Å². The molecule has 0 heterocycles. The van der Waals surface area contributed by atoms with Crippen LogP contribution in [0.25, 0.3) is 0 Å². The van der Waals surface area contributed by atoms with Gasteiger partial charge in [-0.05, 0) is 74.5 Å². The Kier molecular flexibility index (Phi) is 31.5. The molecule has 0 amide bonds. The zero-order valence-corrected chi connectivity index (χ0v) is 33.4. The molecule has 0 spiro atoms. The Morgan fingerprint density at radius 2 is 0.857 bits per heavy atom. The minimum Gasteiger partial charge on any atom is -0.297 e. The van der Waals surface area contributed by atoms with Crippen molar-refractivity contribution in [3.63, 3.8) is 0 Å². The van der Waals surface area contributed by atoms with Crippen molar-refractivity contribution in [2.45, 2.75) is 161 Å². The average molecular weight is 644 g/mol. The third-order valence-electron chi connectivity index (χ3n) is 6.38. The normalized spacial score (nSPS) is 11.8. The van der Waals surface area contributed by atoms with Gasteiger partial charge in [-0.1, -0.05) is 123 Å². The van der Waals surface area contributed by atoms with Gasteiger partial charge in [0, 0.05) is 24.6 Å². The van der Waals surface area contributed by atoms with Crippen LogP contribution in [0.5, 0.6) is 0 Å². The largest absolute Gasteiger partial charge is 0.297 e. The van der Waals surface area contributed by atoms with E-state index in [0.717, 1.165) is 11.8 Å². The highest BCUT2D eigenvalue weighted by Crippen LogP contribution is 2.31. The number of halogens is 2. The predicted octanol–water partition coefficient (Wildman–Crippen LogP) is 11.9. The molecule has 0 fully saturated rings. The van der Waals surface area contributed by atoms with Gasteiger partial charge in [0.05, 0.1) is 10.5 Å². The lowest BCUT2D eigenvalue weighted by atomic mass is 9.95. The minimum atomic E-state index is -2.81. The molecule has 0 aliphatic rings. The maximum Gasteiger partial charge on any atom is 0.252 e. The van der Waals surface area contributed by atoms with E-state index in [1.165, 1.54) is 17.0 Å². The zero-order chi connectivity index (χ0) is 35.3. The molecule has 0 aromatic heterocycles. The van der Waals surface area contributed by atoms with Gasteiger partial charge < -0.3 is 0 Å². The Labute approximate surface area is 269 Å². The third kappa shape index (κ3) is 28.3. The van der Waals surface area contributed by atoms with Crippen LogP contribution >= 0.6 is 12.2 Å². The molecular weight excluding hydrogens is 569 g/mol. The van der Waals surface area contributed by atoms with Crippen LogP contribution in [0.2, 0.25) is 0 Å². The quantitative estimate of drug-likeness (QED) is 0.176. The van der Waals surface area contributed by atoms with Crippen molar-refractivity contribution >= 4 is 32.6 Å². The first-order chi connectivity index (χ1) is 18.5. The van der Waals surface area contributed by atoms with E-state index in [1.54, 1.807) is 55.4 Å². The number of hydrogen-bond donors (Lipinski definition) is 0. The molecule has 0 saturated heterocycles. The van der Waals surface area contributed by atoms with E-state index in [2.05, 4.69) is 88.1 Å². The Balaban J connectivity index is -0.000000136. The Hall–Kier alpha value is -0.430. The molecule has 0 radical (unpaired) electrons. The van der Waals surface area contributed by atoms with Gasteiger partial charge in [-0.3, -0.25) is 4.99 Å². The fraction of sp³-hybridized carbons (Fsp3) is 0.943. The topological polar surface area (TPSA) is 46.5 Å². The number of rotatable bonds is 10. The highest BCUT2D eigenvalue weighted by molar-refractivity contribution is 7.92. The van der Waals surface area contributed by atoms with Crippen molar-refractivity contribution in [2.75, 3.05) is 7.05 Å². The Morgan fingerprint density at radius 1 is 0.595 bits per heavy atom. The van der Waals surface area contributed by atoms with Gasteiger partial charge in [0.2, 0.25) is 0 Å². The van der Waals surface area contributed by atoms with E-state index >= 15 is 0 Å². The lowest BCUT2D eigenvalue weighted by molar-refractivity contribution is -0.0857. The number of sulfone groups is 1. The van der Waals surface area contributed by atoms with Gasteiger partial charge in [0.15, 0.2) is 9.84 Å². The second-order valence-corrected chi connectivity index (χ2v) is 17.9. The molecular formula is C35H75F2NO2S2. The van der Waals surface area contributed by atoms with Gasteiger partial charge in [-0.2, -0.15) is 0 Å². The maximum atomic E-state index is 12.7. The maximum absolute atomic E-state index is 12.7. The van der Waals surface area contributed by atoms with Gasteiger partial charge in [-0.15, -0.1) is 0 Å². The van der Waals surface area contributed by atoms with Crippen LogP contribution < -0.4 is 0 Å². The second-order valence-electron chi connectivity index (χ2n) is 14.4. The molecule has 0 bridgehead atoms. The summed E-state index contributed by atoms with van der Waals surface area (Å²) < 4.78 is 47.4. The molecule has 0 aromatic carbocycles. The Bertz CT molecular complexity index is 729. The molecule has 0 aliphatic heterocycles. The number of thiocarbonyl (C=S) groups is 1. The molecule has 42 heavy (non-hydrogen) atoms. The van der Waals surface area contributed by atoms with E-state index < -0.39 is 27.6 Å².